The van der Waals surface area contributed by atoms with Crippen LogP contribution >= 0.6 is 11.6 Å². The molecular formula is C24H31ClN2. The minimum atomic E-state index is 0.0613. The van der Waals surface area contributed by atoms with E-state index in [1.807, 2.05) is 6.07 Å². The second kappa shape index (κ2) is 6.53. The molecule has 2 aromatic rings. The fraction of sp³-hybridized carbons (Fsp3) is 0.500. The van der Waals surface area contributed by atoms with E-state index in [1.54, 1.807) is 0 Å². The Morgan fingerprint density at radius 3 is 2.67 bits per heavy atom. The summed E-state index contributed by atoms with van der Waals surface area (Å²) < 4.78 is 0. The molecule has 1 spiro atoms. The summed E-state index contributed by atoms with van der Waals surface area (Å²) in [5.74, 6) is 0.417. The second-order valence-electron chi connectivity index (χ2n) is 9.68. The Morgan fingerprint density at radius 2 is 1.93 bits per heavy atom. The molecular weight excluding hydrogens is 352 g/mol. The number of fused-ring (bicyclic) bond motifs is 2. The number of nitrogens with one attached hydrogen (secondary N) is 2. The Hall–Kier alpha value is -1.51. The van der Waals surface area contributed by atoms with Crippen LogP contribution in [0.25, 0.3) is 0 Å². The molecule has 2 heterocycles. The number of anilines is 1. The quantitative estimate of drug-likeness (QED) is 0.684. The van der Waals surface area contributed by atoms with Gasteiger partial charge in [0.25, 0.3) is 0 Å². The van der Waals surface area contributed by atoms with Gasteiger partial charge in [0.05, 0.1) is 0 Å². The van der Waals surface area contributed by atoms with Crippen LogP contribution in [0.1, 0.15) is 55.4 Å². The molecule has 2 aliphatic heterocycles. The van der Waals surface area contributed by atoms with E-state index < -0.39 is 0 Å². The Bertz CT molecular complexity index is 867. The van der Waals surface area contributed by atoms with E-state index in [-0.39, 0.29) is 10.8 Å². The van der Waals surface area contributed by atoms with Crippen molar-refractivity contribution in [1.29, 1.82) is 0 Å². The van der Waals surface area contributed by atoms with Crippen molar-refractivity contribution in [2.24, 2.45) is 5.41 Å². The maximum Gasteiger partial charge on any atom is 0.0438 e. The summed E-state index contributed by atoms with van der Waals surface area (Å²) in [7, 11) is 0. The summed E-state index contributed by atoms with van der Waals surface area (Å²) in [4.78, 5) is 0. The van der Waals surface area contributed by atoms with Crippen LogP contribution in [-0.2, 0) is 5.41 Å². The van der Waals surface area contributed by atoms with E-state index in [0.717, 1.165) is 24.5 Å². The summed E-state index contributed by atoms with van der Waals surface area (Å²) >= 11 is 6.52. The standard InChI is InChI=1S/C24H31ClN2/c1-15-9-10-18-21(11-15)27-14-24(18)19(13-26-22(24)12-23(3,4)5)17-7-6-8-20(25)16(17)2/h6-11,19,22,26-27H,12-14H2,1-5H3/t19-,22?,24-/m1/s1. The van der Waals surface area contributed by atoms with E-state index in [1.165, 1.54) is 27.9 Å². The number of hydrogen-bond acceptors (Lipinski definition) is 2. The van der Waals surface area contributed by atoms with E-state index >= 15 is 0 Å². The van der Waals surface area contributed by atoms with Crippen molar-refractivity contribution in [3.63, 3.8) is 0 Å². The van der Waals surface area contributed by atoms with Gasteiger partial charge in [0.2, 0.25) is 0 Å². The highest BCUT2D eigenvalue weighted by Gasteiger charge is 2.55. The predicted octanol–water partition coefficient (Wildman–Crippen LogP) is 5.81. The molecule has 2 aromatic carbocycles. The lowest BCUT2D eigenvalue weighted by Gasteiger charge is -2.39. The fourth-order valence-electron chi connectivity index (χ4n) is 5.29. The van der Waals surface area contributed by atoms with Crippen molar-refractivity contribution >= 4 is 17.3 Å². The molecule has 1 unspecified atom stereocenters. The van der Waals surface area contributed by atoms with Gasteiger partial charge in [0.1, 0.15) is 0 Å². The zero-order valence-electron chi connectivity index (χ0n) is 17.1. The first-order chi connectivity index (χ1) is 12.7. The van der Waals surface area contributed by atoms with Crippen molar-refractivity contribution in [3.8, 4) is 0 Å². The number of halogens is 1. The van der Waals surface area contributed by atoms with Crippen molar-refractivity contribution in [3.05, 3.63) is 63.7 Å². The van der Waals surface area contributed by atoms with Gasteiger partial charge >= 0.3 is 0 Å². The highest BCUT2D eigenvalue weighted by Crippen LogP contribution is 2.54. The van der Waals surface area contributed by atoms with Gasteiger partial charge in [0.15, 0.2) is 0 Å². The zero-order valence-corrected chi connectivity index (χ0v) is 17.9. The molecule has 1 fully saturated rings. The molecule has 0 bridgehead atoms. The third-order valence-corrected chi connectivity index (χ3v) is 6.97. The third-order valence-electron chi connectivity index (χ3n) is 6.56. The number of rotatable bonds is 2. The molecule has 3 atom stereocenters. The largest absolute Gasteiger partial charge is 0.384 e. The average Bonchev–Trinajstić information content (AvgIpc) is 3.12. The van der Waals surface area contributed by atoms with Gasteiger partial charge in [-0.25, -0.2) is 0 Å². The summed E-state index contributed by atoms with van der Waals surface area (Å²) in [6.07, 6.45) is 1.15. The van der Waals surface area contributed by atoms with Crippen molar-refractivity contribution in [2.75, 3.05) is 18.4 Å². The number of hydrogen-bond donors (Lipinski definition) is 2. The van der Waals surface area contributed by atoms with E-state index in [0.29, 0.717) is 12.0 Å². The molecule has 0 aromatic heterocycles. The van der Waals surface area contributed by atoms with Crippen LogP contribution in [0.2, 0.25) is 5.02 Å². The van der Waals surface area contributed by atoms with Gasteiger partial charge in [-0.15, -0.1) is 0 Å². The Morgan fingerprint density at radius 1 is 1.15 bits per heavy atom. The van der Waals surface area contributed by atoms with Gasteiger partial charge in [0, 0.05) is 41.2 Å². The molecule has 0 aliphatic carbocycles. The monoisotopic (exact) mass is 382 g/mol. The lowest BCUT2D eigenvalue weighted by molar-refractivity contribution is 0.260. The maximum absolute atomic E-state index is 6.52. The van der Waals surface area contributed by atoms with Crippen LogP contribution in [-0.4, -0.2) is 19.1 Å². The highest BCUT2D eigenvalue weighted by atomic mass is 35.5. The molecule has 2 nitrogen and oxygen atoms in total. The predicted molar refractivity (Wildman–Crippen MR) is 116 cm³/mol. The van der Waals surface area contributed by atoms with Gasteiger partial charge in [-0.1, -0.05) is 56.6 Å². The number of benzene rings is 2. The summed E-state index contributed by atoms with van der Waals surface area (Å²) in [6.45, 7) is 13.4. The zero-order chi connectivity index (χ0) is 19.4. The molecule has 2 aliphatic rings. The first-order valence-electron chi connectivity index (χ1n) is 10.1. The Balaban J connectivity index is 1.88. The van der Waals surface area contributed by atoms with Crippen molar-refractivity contribution in [2.45, 2.75) is 58.4 Å². The topological polar surface area (TPSA) is 24.1 Å². The molecule has 27 heavy (non-hydrogen) atoms. The normalized spacial score (nSPS) is 27.0. The van der Waals surface area contributed by atoms with E-state index in [4.69, 9.17) is 11.6 Å². The Labute approximate surface area is 168 Å². The molecule has 0 saturated carbocycles. The van der Waals surface area contributed by atoms with Gasteiger partial charge < -0.3 is 10.6 Å². The van der Waals surface area contributed by atoms with Crippen LogP contribution < -0.4 is 10.6 Å². The van der Waals surface area contributed by atoms with Crippen LogP contribution in [0, 0.1) is 19.3 Å². The van der Waals surface area contributed by atoms with Crippen LogP contribution in [0.4, 0.5) is 5.69 Å². The summed E-state index contributed by atoms with van der Waals surface area (Å²) in [5, 5.41) is 8.54. The average molecular weight is 383 g/mol. The maximum atomic E-state index is 6.52. The van der Waals surface area contributed by atoms with Crippen molar-refractivity contribution < 1.29 is 0 Å². The van der Waals surface area contributed by atoms with Crippen molar-refractivity contribution in [1.82, 2.24) is 5.32 Å². The van der Waals surface area contributed by atoms with Crippen LogP contribution in [0.15, 0.2) is 36.4 Å². The lowest BCUT2D eigenvalue weighted by Crippen LogP contribution is -2.46. The third kappa shape index (κ3) is 3.07. The summed E-state index contributed by atoms with van der Waals surface area (Å²) in [6, 6.07) is 13.8. The van der Waals surface area contributed by atoms with Crippen LogP contribution in [0.5, 0.6) is 0 Å². The molecule has 2 N–H and O–H groups in total. The molecule has 1 saturated heterocycles. The second-order valence-corrected chi connectivity index (χ2v) is 10.1. The SMILES string of the molecule is Cc1ccc2c(c1)NC[C@@]21C(CC(C)(C)C)NC[C@@H]1c1cccc(Cl)c1C. The first kappa shape index (κ1) is 18.8. The lowest BCUT2D eigenvalue weighted by atomic mass is 9.64. The number of aryl methyl sites for hydroxylation is 1. The smallest absolute Gasteiger partial charge is 0.0438 e. The minimum Gasteiger partial charge on any atom is -0.384 e. The van der Waals surface area contributed by atoms with Gasteiger partial charge in [-0.3, -0.25) is 0 Å². The Kier molecular flexibility index (Phi) is 4.56. The molecule has 3 heteroatoms. The molecule has 144 valence electrons. The van der Waals surface area contributed by atoms with Gasteiger partial charge in [-0.05, 0) is 60.1 Å². The fourth-order valence-corrected chi connectivity index (χ4v) is 5.47. The van der Waals surface area contributed by atoms with Gasteiger partial charge in [-0.2, -0.15) is 0 Å². The summed E-state index contributed by atoms with van der Waals surface area (Å²) in [5.41, 5.74) is 7.04. The van der Waals surface area contributed by atoms with E-state index in [9.17, 15) is 0 Å². The minimum absolute atomic E-state index is 0.0613. The van der Waals surface area contributed by atoms with E-state index in [2.05, 4.69) is 75.6 Å². The molecule has 0 radical (unpaired) electrons. The first-order valence-corrected chi connectivity index (χ1v) is 10.4. The highest BCUT2D eigenvalue weighted by molar-refractivity contribution is 6.31. The molecule has 4 rings (SSSR count). The molecule has 0 amide bonds. The van der Waals surface area contributed by atoms with Crippen LogP contribution in [0.3, 0.4) is 0 Å².